The van der Waals surface area contributed by atoms with E-state index >= 15 is 0 Å². The number of amides is 1. The highest BCUT2D eigenvalue weighted by atomic mass is 32.1. The molecule has 1 aromatic carbocycles. The van der Waals surface area contributed by atoms with E-state index in [1.165, 1.54) is 23.5 Å². The zero-order valence-corrected chi connectivity index (χ0v) is 12.1. The maximum Gasteiger partial charge on any atom is 0.271 e. The molecular weight excluding hydrogens is 277 g/mol. The van der Waals surface area contributed by atoms with E-state index in [1.807, 2.05) is 13.8 Å². The Hall–Kier alpha value is -1.95. The molecule has 0 atom stereocenters. The third-order valence-electron chi connectivity index (χ3n) is 2.52. The largest absolute Gasteiger partial charge is 0.359 e. The molecule has 1 heterocycles. The molecule has 106 valence electrons. The summed E-state index contributed by atoms with van der Waals surface area (Å²) in [5.74, 6) is -0.522. The topological polar surface area (TPSA) is 54.0 Å². The molecule has 0 aliphatic heterocycles. The molecular formula is C14H16FN3OS. The molecule has 0 saturated carbocycles. The minimum absolute atomic E-state index is 0.234. The quantitative estimate of drug-likeness (QED) is 0.891. The van der Waals surface area contributed by atoms with Gasteiger partial charge in [0.25, 0.3) is 5.91 Å². The van der Waals surface area contributed by atoms with Crippen LogP contribution in [-0.2, 0) is 6.54 Å². The number of thiazole rings is 1. The van der Waals surface area contributed by atoms with Crippen LogP contribution in [0.3, 0.4) is 0 Å². The van der Waals surface area contributed by atoms with Crippen LogP contribution in [0.15, 0.2) is 29.6 Å². The number of hydrogen-bond acceptors (Lipinski definition) is 4. The van der Waals surface area contributed by atoms with Crippen molar-refractivity contribution in [2.24, 2.45) is 0 Å². The number of carbonyl (C=O) groups excluding carboxylic acids is 1. The van der Waals surface area contributed by atoms with Gasteiger partial charge in [0.1, 0.15) is 11.5 Å². The highest BCUT2D eigenvalue weighted by Gasteiger charge is 2.10. The molecule has 0 unspecified atom stereocenters. The summed E-state index contributed by atoms with van der Waals surface area (Å²) in [5, 5.41) is 8.34. The maximum absolute atomic E-state index is 12.8. The molecule has 0 aliphatic rings. The lowest BCUT2D eigenvalue weighted by Crippen LogP contribution is -2.23. The molecule has 0 spiro atoms. The molecule has 0 saturated heterocycles. The molecule has 0 aliphatic carbocycles. The SMILES string of the molecule is CC(C)Nc1nc(C(=O)NCc2ccc(F)cc2)cs1. The fourth-order valence-corrected chi connectivity index (χ4v) is 2.40. The van der Waals surface area contributed by atoms with Gasteiger partial charge in [-0.3, -0.25) is 4.79 Å². The Labute approximate surface area is 121 Å². The van der Waals surface area contributed by atoms with Crippen LogP contribution in [0.25, 0.3) is 0 Å². The van der Waals surface area contributed by atoms with Gasteiger partial charge in [0.05, 0.1) is 0 Å². The van der Waals surface area contributed by atoms with Crippen LogP contribution in [0, 0.1) is 5.82 Å². The Morgan fingerprint density at radius 3 is 2.70 bits per heavy atom. The minimum Gasteiger partial charge on any atom is -0.359 e. The van der Waals surface area contributed by atoms with E-state index in [0.29, 0.717) is 12.2 Å². The fraction of sp³-hybridized carbons (Fsp3) is 0.286. The number of nitrogens with one attached hydrogen (secondary N) is 2. The zero-order chi connectivity index (χ0) is 14.5. The Balaban J connectivity index is 1.91. The normalized spacial score (nSPS) is 10.6. The molecule has 1 aromatic heterocycles. The summed E-state index contributed by atoms with van der Waals surface area (Å²) in [6.45, 7) is 4.37. The second-order valence-electron chi connectivity index (χ2n) is 4.65. The standard InChI is InChI=1S/C14H16FN3OS/c1-9(2)17-14-18-12(8-20-14)13(19)16-7-10-3-5-11(15)6-4-10/h3-6,8-9H,7H2,1-2H3,(H,16,19)(H,17,18). The molecule has 2 aromatic rings. The van der Waals surface area contributed by atoms with Crippen LogP contribution in [-0.4, -0.2) is 16.9 Å². The first-order valence-electron chi connectivity index (χ1n) is 6.29. The number of carbonyl (C=O) groups is 1. The van der Waals surface area contributed by atoms with Crippen molar-refractivity contribution in [3.05, 3.63) is 46.7 Å². The number of benzene rings is 1. The Kier molecular flexibility index (Phi) is 4.68. The summed E-state index contributed by atoms with van der Waals surface area (Å²) in [4.78, 5) is 16.1. The molecule has 20 heavy (non-hydrogen) atoms. The van der Waals surface area contributed by atoms with Crippen molar-refractivity contribution in [1.29, 1.82) is 0 Å². The van der Waals surface area contributed by atoms with Crippen LogP contribution in [0.5, 0.6) is 0 Å². The number of anilines is 1. The minimum atomic E-state index is -0.288. The first-order chi connectivity index (χ1) is 9.54. The summed E-state index contributed by atoms with van der Waals surface area (Å²) < 4.78 is 12.8. The second kappa shape index (κ2) is 6.47. The van der Waals surface area contributed by atoms with E-state index in [1.54, 1.807) is 17.5 Å². The van der Waals surface area contributed by atoms with Gasteiger partial charge in [-0.1, -0.05) is 12.1 Å². The molecule has 6 heteroatoms. The average Bonchev–Trinajstić information content (AvgIpc) is 2.85. The van der Waals surface area contributed by atoms with E-state index in [0.717, 1.165) is 10.7 Å². The van der Waals surface area contributed by atoms with Gasteiger partial charge >= 0.3 is 0 Å². The summed E-state index contributed by atoms with van der Waals surface area (Å²) in [6.07, 6.45) is 0. The van der Waals surface area contributed by atoms with Crippen LogP contribution in [0.2, 0.25) is 0 Å². The second-order valence-corrected chi connectivity index (χ2v) is 5.50. The third-order valence-corrected chi connectivity index (χ3v) is 3.29. The Morgan fingerprint density at radius 2 is 2.05 bits per heavy atom. The van der Waals surface area contributed by atoms with E-state index < -0.39 is 0 Å². The summed E-state index contributed by atoms with van der Waals surface area (Å²) in [5.41, 5.74) is 1.23. The fourth-order valence-electron chi connectivity index (χ4n) is 1.57. The number of rotatable bonds is 5. The first-order valence-corrected chi connectivity index (χ1v) is 7.17. The molecule has 0 bridgehead atoms. The van der Waals surface area contributed by atoms with Crippen LogP contribution in [0.1, 0.15) is 29.9 Å². The van der Waals surface area contributed by atoms with E-state index in [2.05, 4.69) is 15.6 Å². The number of nitrogens with zero attached hydrogens (tertiary/aromatic N) is 1. The molecule has 2 N–H and O–H groups in total. The summed E-state index contributed by atoms with van der Waals surface area (Å²) >= 11 is 1.40. The Morgan fingerprint density at radius 1 is 1.35 bits per heavy atom. The number of hydrogen-bond donors (Lipinski definition) is 2. The van der Waals surface area contributed by atoms with Crippen molar-refractivity contribution < 1.29 is 9.18 Å². The lowest BCUT2D eigenvalue weighted by atomic mass is 10.2. The van der Waals surface area contributed by atoms with Crippen molar-refractivity contribution in [1.82, 2.24) is 10.3 Å². The lowest BCUT2D eigenvalue weighted by molar-refractivity contribution is 0.0946. The predicted octanol–water partition coefficient (Wildman–Crippen LogP) is 3.03. The van der Waals surface area contributed by atoms with E-state index in [9.17, 15) is 9.18 Å². The molecule has 2 rings (SSSR count). The van der Waals surface area contributed by atoms with Gasteiger partial charge in [0.2, 0.25) is 0 Å². The van der Waals surface area contributed by atoms with E-state index in [4.69, 9.17) is 0 Å². The summed E-state index contributed by atoms with van der Waals surface area (Å²) in [7, 11) is 0. The van der Waals surface area contributed by atoms with Crippen molar-refractivity contribution in [3.8, 4) is 0 Å². The van der Waals surface area contributed by atoms with Gasteiger partial charge in [0.15, 0.2) is 5.13 Å². The van der Waals surface area contributed by atoms with Crippen molar-refractivity contribution >= 4 is 22.4 Å². The highest BCUT2D eigenvalue weighted by molar-refractivity contribution is 7.13. The van der Waals surface area contributed by atoms with Gasteiger partial charge in [-0.25, -0.2) is 9.37 Å². The van der Waals surface area contributed by atoms with Crippen LogP contribution >= 0.6 is 11.3 Å². The average molecular weight is 293 g/mol. The number of aromatic nitrogens is 1. The van der Waals surface area contributed by atoms with Crippen molar-refractivity contribution in [2.75, 3.05) is 5.32 Å². The molecule has 4 nitrogen and oxygen atoms in total. The van der Waals surface area contributed by atoms with Crippen molar-refractivity contribution in [2.45, 2.75) is 26.4 Å². The van der Waals surface area contributed by atoms with Gasteiger partial charge in [-0.05, 0) is 31.5 Å². The first kappa shape index (κ1) is 14.5. The van der Waals surface area contributed by atoms with Gasteiger partial charge < -0.3 is 10.6 Å². The third kappa shape index (κ3) is 4.03. The molecule has 1 amide bonds. The maximum atomic E-state index is 12.8. The Bertz CT molecular complexity index is 580. The van der Waals surface area contributed by atoms with Crippen LogP contribution < -0.4 is 10.6 Å². The predicted molar refractivity (Wildman–Crippen MR) is 78.4 cm³/mol. The van der Waals surface area contributed by atoms with Gasteiger partial charge in [0, 0.05) is 18.0 Å². The highest BCUT2D eigenvalue weighted by Crippen LogP contribution is 2.16. The van der Waals surface area contributed by atoms with Crippen molar-refractivity contribution in [3.63, 3.8) is 0 Å². The monoisotopic (exact) mass is 293 g/mol. The smallest absolute Gasteiger partial charge is 0.271 e. The summed E-state index contributed by atoms with van der Waals surface area (Å²) in [6, 6.07) is 6.30. The van der Waals surface area contributed by atoms with E-state index in [-0.39, 0.29) is 17.8 Å². The van der Waals surface area contributed by atoms with Crippen LogP contribution in [0.4, 0.5) is 9.52 Å². The lowest BCUT2D eigenvalue weighted by Gasteiger charge is -2.05. The molecule has 0 radical (unpaired) electrons. The van der Waals surface area contributed by atoms with Gasteiger partial charge in [-0.2, -0.15) is 0 Å². The zero-order valence-electron chi connectivity index (χ0n) is 11.3. The van der Waals surface area contributed by atoms with Gasteiger partial charge in [-0.15, -0.1) is 11.3 Å². The number of halogens is 1. The molecule has 0 fully saturated rings.